The van der Waals surface area contributed by atoms with Gasteiger partial charge in [0.05, 0.1) is 15.8 Å². The van der Waals surface area contributed by atoms with Crippen LogP contribution in [0, 0.1) is 0 Å². The molecule has 0 saturated heterocycles. The maximum Gasteiger partial charge on any atom is 0.356 e. The Morgan fingerprint density at radius 1 is 1.33 bits per heavy atom. The van der Waals surface area contributed by atoms with E-state index in [1.165, 1.54) is 10.7 Å². The molecular weight excluding hydrogens is 292 g/mol. The molecule has 1 N–H and O–H groups in total. The SMILES string of the molecule is Cn1nc(C(=O)O)cc1-c1ccccc1S(=O)(=O)C1CC1. The van der Waals surface area contributed by atoms with E-state index in [1.54, 1.807) is 31.3 Å². The molecule has 6 nitrogen and oxygen atoms in total. The highest BCUT2D eigenvalue weighted by atomic mass is 32.2. The van der Waals surface area contributed by atoms with Gasteiger partial charge in [0.2, 0.25) is 0 Å². The predicted octanol–water partition coefficient (Wildman–Crippen LogP) is 1.72. The Labute approximate surface area is 121 Å². The monoisotopic (exact) mass is 306 g/mol. The zero-order valence-corrected chi connectivity index (χ0v) is 12.2. The molecule has 1 fully saturated rings. The fraction of sp³-hybridized carbons (Fsp3) is 0.286. The lowest BCUT2D eigenvalue weighted by molar-refractivity contribution is 0.0689. The predicted molar refractivity (Wildman–Crippen MR) is 75.8 cm³/mol. The van der Waals surface area contributed by atoms with Crippen LogP contribution in [-0.2, 0) is 16.9 Å². The number of aromatic nitrogens is 2. The molecule has 110 valence electrons. The Balaban J connectivity index is 2.18. The molecular formula is C14H14N2O4S. The molecule has 7 heteroatoms. The summed E-state index contributed by atoms with van der Waals surface area (Å²) in [7, 11) is -1.76. The lowest BCUT2D eigenvalue weighted by atomic mass is 10.1. The van der Waals surface area contributed by atoms with Crippen molar-refractivity contribution < 1.29 is 18.3 Å². The first-order chi connectivity index (χ1) is 9.91. The minimum Gasteiger partial charge on any atom is -0.476 e. The summed E-state index contributed by atoms with van der Waals surface area (Å²) in [4.78, 5) is 11.2. The van der Waals surface area contributed by atoms with Gasteiger partial charge in [-0.25, -0.2) is 13.2 Å². The number of carboxylic acids is 1. The molecule has 1 aromatic carbocycles. The molecule has 1 aromatic heterocycles. The van der Waals surface area contributed by atoms with E-state index >= 15 is 0 Å². The summed E-state index contributed by atoms with van der Waals surface area (Å²) in [5, 5.41) is 12.6. The van der Waals surface area contributed by atoms with E-state index in [0.29, 0.717) is 24.1 Å². The molecule has 1 heterocycles. The van der Waals surface area contributed by atoms with Crippen molar-refractivity contribution >= 4 is 15.8 Å². The zero-order chi connectivity index (χ0) is 15.2. The van der Waals surface area contributed by atoms with Gasteiger partial charge >= 0.3 is 5.97 Å². The van der Waals surface area contributed by atoms with Crippen molar-refractivity contribution in [2.45, 2.75) is 23.0 Å². The summed E-state index contributed by atoms with van der Waals surface area (Å²) in [6.07, 6.45) is 1.37. The Bertz CT molecular complexity index is 819. The van der Waals surface area contributed by atoms with Gasteiger partial charge in [-0.2, -0.15) is 5.10 Å². The Hall–Kier alpha value is -2.15. The minimum atomic E-state index is -3.36. The van der Waals surface area contributed by atoms with Crippen LogP contribution in [0.3, 0.4) is 0 Å². The topological polar surface area (TPSA) is 89.3 Å². The van der Waals surface area contributed by atoms with Crippen molar-refractivity contribution in [3.8, 4) is 11.3 Å². The molecule has 1 saturated carbocycles. The molecule has 0 bridgehead atoms. The van der Waals surface area contributed by atoms with Gasteiger partial charge in [-0.1, -0.05) is 18.2 Å². The van der Waals surface area contributed by atoms with Gasteiger partial charge in [-0.05, 0) is 25.0 Å². The van der Waals surface area contributed by atoms with Gasteiger partial charge in [0, 0.05) is 12.6 Å². The van der Waals surface area contributed by atoms with Crippen LogP contribution >= 0.6 is 0 Å². The summed E-state index contributed by atoms with van der Waals surface area (Å²) in [6, 6.07) is 8.04. The second kappa shape index (κ2) is 4.70. The lowest BCUT2D eigenvalue weighted by Crippen LogP contribution is -2.09. The highest BCUT2D eigenvalue weighted by Gasteiger charge is 2.38. The van der Waals surface area contributed by atoms with Crippen molar-refractivity contribution in [3.63, 3.8) is 0 Å². The van der Waals surface area contributed by atoms with E-state index in [-0.39, 0.29) is 15.8 Å². The number of aryl methyl sites for hydroxylation is 1. The van der Waals surface area contributed by atoms with Crippen LogP contribution in [0.5, 0.6) is 0 Å². The molecule has 0 atom stereocenters. The van der Waals surface area contributed by atoms with E-state index < -0.39 is 15.8 Å². The molecule has 1 aliphatic carbocycles. The maximum absolute atomic E-state index is 12.5. The minimum absolute atomic E-state index is 0.105. The third kappa shape index (κ3) is 2.33. The van der Waals surface area contributed by atoms with E-state index in [1.807, 2.05) is 0 Å². The molecule has 0 amide bonds. The van der Waals surface area contributed by atoms with Crippen LogP contribution in [-0.4, -0.2) is 34.5 Å². The number of aromatic carboxylic acids is 1. The second-order valence-corrected chi connectivity index (χ2v) is 7.28. The van der Waals surface area contributed by atoms with Crippen molar-refractivity contribution in [2.75, 3.05) is 0 Å². The average molecular weight is 306 g/mol. The fourth-order valence-electron chi connectivity index (χ4n) is 2.31. The van der Waals surface area contributed by atoms with E-state index in [4.69, 9.17) is 5.11 Å². The number of rotatable bonds is 4. The van der Waals surface area contributed by atoms with E-state index in [0.717, 1.165) is 0 Å². The van der Waals surface area contributed by atoms with Crippen molar-refractivity contribution in [2.24, 2.45) is 7.05 Å². The standard InChI is InChI=1S/C14H14N2O4S/c1-16-12(8-11(15-16)14(17)18)10-4-2-3-5-13(10)21(19,20)9-6-7-9/h2-5,8-9H,6-7H2,1H3,(H,17,18). The van der Waals surface area contributed by atoms with Crippen molar-refractivity contribution in [3.05, 3.63) is 36.0 Å². The van der Waals surface area contributed by atoms with Gasteiger partial charge in [0.25, 0.3) is 0 Å². The Morgan fingerprint density at radius 3 is 2.57 bits per heavy atom. The summed E-state index contributed by atoms with van der Waals surface area (Å²) >= 11 is 0. The molecule has 2 aromatic rings. The van der Waals surface area contributed by atoms with Crippen LogP contribution < -0.4 is 0 Å². The van der Waals surface area contributed by atoms with Crippen LogP contribution in [0.15, 0.2) is 35.2 Å². The van der Waals surface area contributed by atoms with E-state index in [2.05, 4.69) is 5.10 Å². The van der Waals surface area contributed by atoms with Gasteiger partial charge < -0.3 is 5.11 Å². The Kier molecular flexibility index (Phi) is 3.09. The van der Waals surface area contributed by atoms with E-state index in [9.17, 15) is 13.2 Å². The number of carbonyl (C=O) groups is 1. The van der Waals surface area contributed by atoms with Gasteiger partial charge in [0.15, 0.2) is 15.5 Å². The quantitative estimate of drug-likeness (QED) is 0.929. The smallest absolute Gasteiger partial charge is 0.356 e. The molecule has 0 spiro atoms. The molecule has 0 radical (unpaired) electrons. The largest absolute Gasteiger partial charge is 0.476 e. The number of hydrogen-bond donors (Lipinski definition) is 1. The number of benzene rings is 1. The van der Waals surface area contributed by atoms with Crippen molar-refractivity contribution in [1.82, 2.24) is 9.78 Å². The number of hydrogen-bond acceptors (Lipinski definition) is 4. The fourth-order valence-corrected chi connectivity index (χ4v) is 4.17. The van der Waals surface area contributed by atoms with Gasteiger partial charge in [-0.3, -0.25) is 4.68 Å². The van der Waals surface area contributed by atoms with Crippen LogP contribution in [0.2, 0.25) is 0 Å². The average Bonchev–Trinajstić information content (AvgIpc) is 3.22. The van der Waals surface area contributed by atoms with Gasteiger partial charge in [0.1, 0.15) is 0 Å². The van der Waals surface area contributed by atoms with Crippen molar-refractivity contribution in [1.29, 1.82) is 0 Å². The molecule has 1 aliphatic rings. The van der Waals surface area contributed by atoms with Crippen LogP contribution in [0.1, 0.15) is 23.3 Å². The van der Waals surface area contributed by atoms with Crippen LogP contribution in [0.25, 0.3) is 11.3 Å². The second-order valence-electron chi connectivity index (χ2n) is 5.08. The molecule has 0 unspecified atom stereocenters. The normalized spacial score (nSPS) is 15.1. The first kappa shape index (κ1) is 13.8. The maximum atomic E-state index is 12.5. The van der Waals surface area contributed by atoms with Gasteiger partial charge in [-0.15, -0.1) is 0 Å². The summed E-state index contributed by atoms with van der Waals surface area (Å²) < 4.78 is 26.4. The molecule has 3 rings (SSSR count). The third-order valence-electron chi connectivity index (χ3n) is 3.53. The number of nitrogens with zero attached hydrogens (tertiary/aromatic N) is 2. The summed E-state index contributed by atoms with van der Waals surface area (Å²) in [5.74, 6) is -1.14. The van der Waals surface area contributed by atoms with Crippen LogP contribution in [0.4, 0.5) is 0 Å². The molecule has 21 heavy (non-hydrogen) atoms. The number of carboxylic acid groups (broad SMARTS) is 1. The third-order valence-corrected chi connectivity index (χ3v) is 5.85. The number of sulfone groups is 1. The highest BCUT2D eigenvalue weighted by molar-refractivity contribution is 7.92. The Morgan fingerprint density at radius 2 is 2.00 bits per heavy atom. The lowest BCUT2D eigenvalue weighted by Gasteiger charge is -2.09. The first-order valence-corrected chi connectivity index (χ1v) is 8.06. The first-order valence-electron chi connectivity index (χ1n) is 6.52. The summed E-state index contributed by atoms with van der Waals surface area (Å²) in [5.41, 5.74) is 0.866. The molecule has 0 aliphatic heterocycles. The summed E-state index contributed by atoms with van der Waals surface area (Å²) in [6.45, 7) is 0. The zero-order valence-electron chi connectivity index (χ0n) is 11.4. The highest BCUT2D eigenvalue weighted by Crippen LogP contribution is 2.37.